The number of carbonyl (C=O) groups excluding carboxylic acids is 1. The Morgan fingerprint density at radius 3 is 2.65 bits per heavy atom. The summed E-state index contributed by atoms with van der Waals surface area (Å²) in [5.74, 6) is -0.389. The van der Waals surface area contributed by atoms with Crippen LogP contribution in [0.5, 0.6) is 5.75 Å². The van der Waals surface area contributed by atoms with Crippen LogP contribution in [-0.4, -0.2) is 78.9 Å². The number of carbonyl (C=O) groups is 1. The Balaban J connectivity index is 1.55. The van der Waals surface area contributed by atoms with E-state index in [0.717, 1.165) is 55.4 Å². The van der Waals surface area contributed by atoms with E-state index < -0.39 is 5.82 Å². The summed E-state index contributed by atoms with van der Waals surface area (Å²) in [4.78, 5) is 18.1. The maximum Gasteiger partial charge on any atom is 0.245 e. The Kier molecular flexibility index (Phi) is 7.56. The quantitative estimate of drug-likeness (QED) is 0.307. The predicted octanol–water partition coefficient (Wildman–Crippen LogP) is 4.50. The number of hydrogen-bond acceptors (Lipinski definition) is 6. The molecule has 2 aliphatic heterocycles. The van der Waals surface area contributed by atoms with Crippen molar-refractivity contribution in [3.63, 3.8) is 0 Å². The summed E-state index contributed by atoms with van der Waals surface area (Å²) in [6.45, 7) is 9.61. The van der Waals surface area contributed by atoms with Crippen LogP contribution < -0.4 is 9.64 Å². The number of rotatable bonds is 8. The van der Waals surface area contributed by atoms with Gasteiger partial charge in [0.25, 0.3) is 0 Å². The van der Waals surface area contributed by atoms with Gasteiger partial charge in [0, 0.05) is 67.8 Å². The number of aryl methyl sites for hydroxylation is 2. The summed E-state index contributed by atoms with van der Waals surface area (Å²) in [5, 5.41) is 15.8. The van der Waals surface area contributed by atoms with E-state index in [-0.39, 0.29) is 22.6 Å². The summed E-state index contributed by atoms with van der Waals surface area (Å²) in [5.41, 5.74) is 3.66. The molecular formula is C31H37FN6O2. The van der Waals surface area contributed by atoms with Crippen LogP contribution >= 0.6 is 0 Å². The molecule has 2 saturated heterocycles. The lowest BCUT2D eigenvalue weighted by molar-refractivity contribution is -0.139. The second-order valence-electron chi connectivity index (χ2n) is 11.4. The first-order chi connectivity index (χ1) is 19.2. The number of benzene rings is 2. The van der Waals surface area contributed by atoms with Gasteiger partial charge in [-0.2, -0.15) is 10.4 Å². The average molecular weight is 545 g/mol. The Morgan fingerprint density at radius 2 is 2.00 bits per heavy atom. The molecule has 9 heteroatoms. The van der Waals surface area contributed by atoms with E-state index in [2.05, 4.69) is 27.5 Å². The molecule has 3 heterocycles. The second-order valence-corrected chi connectivity index (χ2v) is 11.4. The van der Waals surface area contributed by atoms with Gasteiger partial charge in [0.2, 0.25) is 5.91 Å². The number of ether oxygens (including phenoxy) is 1. The van der Waals surface area contributed by atoms with E-state index >= 15 is 4.39 Å². The number of fused-ring (bicyclic) bond motifs is 1. The zero-order chi connectivity index (χ0) is 28.6. The minimum Gasteiger partial charge on any atom is -0.490 e. The molecule has 0 bridgehead atoms. The van der Waals surface area contributed by atoms with Crippen molar-refractivity contribution in [3.05, 3.63) is 54.0 Å². The minimum atomic E-state index is -0.520. The van der Waals surface area contributed by atoms with Crippen molar-refractivity contribution in [3.8, 4) is 22.9 Å². The fourth-order valence-electron chi connectivity index (χ4n) is 6.16. The van der Waals surface area contributed by atoms with Crippen LogP contribution in [-0.2, 0) is 11.8 Å². The molecule has 0 N–H and O–H groups in total. The van der Waals surface area contributed by atoms with Gasteiger partial charge in [0.05, 0.1) is 29.6 Å². The predicted molar refractivity (Wildman–Crippen MR) is 155 cm³/mol. The van der Waals surface area contributed by atoms with Gasteiger partial charge in [0.1, 0.15) is 6.07 Å². The molecule has 5 rings (SSSR count). The smallest absolute Gasteiger partial charge is 0.245 e. The molecule has 1 amide bonds. The van der Waals surface area contributed by atoms with Crippen molar-refractivity contribution in [1.82, 2.24) is 19.6 Å². The molecule has 210 valence electrons. The van der Waals surface area contributed by atoms with Crippen LogP contribution in [0.4, 0.5) is 10.1 Å². The lowest BCUT2D eigenvalue weighted by Gasteiger charge is -2.54. The minimum absolute atomic E-state index is 0.0289. The first kappa shape index (κ1) is 27.7. The number of anilines is 1. The average Bonchev–Trinajstić information content (AvgIpc) is 3.30. The second kappa shape index (κ2) is 10.9. The molecular weight excluding hydrogens is 507 g/mol. The lowest BCUT2D eigenvalue weighted by atomic mass is 9.71. The summed E-state index contributed by atoms with van der Waals surface area (Å²) < 4.78 is 24.2. The Bertz CT molecular complexity index is 1490. The van der Waals surface area contributed by atoms with E-state index in [1.165, 1.54) is 6.08 Å². The van der Waals surface area contributed by atoms with Gasteiger partial charge >= 0.3 is 0 Å². The summed E-state index contributed by atoms with van der Waals surface area (Å²) in [6.07, 6.45) is 5.65. The van der Waals surface area contributed by atoms with Crippen molar-refractivity contribution < 1.29 is 13.9 Å². The van der Waals surface area contributed by atoms with Gasteiger partial charge in [-0.25, -0.2) is 4.39 Å². The molecule has 0 saturated carbocycles. The molecule has 8 nitrogen and oxygen atoms in total. The maximum atomic E-state index is 16.4. The number of hydrogen-bond donors (Lipinski definition) is 0. The van der Waals surface area contributed by atoms with Crippen LogP contribution in [0.25, 0.3) is 22.0 Å². The Labute approximate surface area is 235 Å². The number of halogens is 1. The highest BCUT2D eigenvalue weighted by atomic mass is 19.1. The van der Waals surface area contributed by atoms with E-state index in [9.17, 15) is 10.1 Å². The normalized spacial score (nSPS) is 16.3. The van der Waals surface area contributed by atoms with Gasteiger partial charge in [-0.15, -0.1) is 0 Å². The third-order valence-electron chi connectivity index (χ3n) is 8.39. The van der Waals surface area contributed by atoms with Crippen LogP contribution in [0.15, 0.2) is 37.1 Å². The number of piperidine rings is 1. The van der Waals surface area contributed by atoms with E-state index in [1.807, 2.05) is 45.1 Å². The SMILES string of the molecule is C=CC(=O)N1CC2(CCN(c3cc(OCCCN(C)C)c(F)c(-c4c(C)ccc5cnn(C)c45)c3C#N)CC2)C1. The molecule has 2 aromatic carbocycles. The van der Waals surface area contributed by atoms with Crippen molar-refractivity contribution in [2.75, 3.05) is 58.3 Å². The molecule has 2 aliphatic rings. The molecule has 40 heavy (non-hydrogen) atoms. The van der Waals surface area contributed by atoms with Crippen molar-refractivity contribution >= 4 is 22.5 Å². The molecule has 0 radical (unpaired) electrons. The van der Waals surface area contributed by atoms with Crippen LogP contribution in [0.3, 0.4) is 0 Å². The van der Waals surface area contributed by atoms with Crippen molar-refractivity contribution in [1.29, 1.82) is 5.26 Å². The van der Waals surface area contributed by atoms with Gasteiger partial charge in [0.15, 0.2) is 11.6 Å². The molecule has 2 fully saturated rings. The van der Waals surface area contributed by atoms with Crippen LogP contribution in [0, 0.1) is 29.5 Å². The van der Waals surface area contributed by atoms with E-state index in [1.54, 1.807) is 16.9 Å². The third kappa shape index (κ3) is 4.92. The van der Waals surface area contributed by atoms with Crippen LogP contribution in [0.1, 0.15) is 30.4 Å². The topological polar surface area (TPSA) is 77.6 Å². The largest absolute Gasteiger partial charge is 0.490 e. The molecule has 1 aromatic heterocycles. The summed E-state index contributed by atoms with van der Waals surface area (Å²) >= 11 is 0. The maximum absolute atomic E-state index is 16.4. The standard InChI is InChI=1S/C31H37FN6O2/c1-6-26(39)38-19-31(20-38)10-13-37(14-11-31)24-16-25(40-15-7-12-35(3)4)29(32)28(23(24)17-33)27-21(2)8-9-22-18-34-36(5)30(22)27/h6,8-9,16,18H,1,7,10-15,19-20H2,2-5H3. The van der Waals surface area contributed by atoms with Crippen molar-refractivity contribution in [2.24, 2.45) is 12.5 Å². The van der Waals surface area contributed by atoms with Gasteiger partial charge < -0.3 is 19.4 Å². The molecule has 3 aromatic rings. The number of nitrogens with zero attached hydrogens (tertiary/aromatic N) is 6. The monoisotopic (exact) mass is 544 g/mol. The summed E-state index contributed by atoms with van der Waals surface area (Å²) in [6, 6.07) is 7.98. The van der Waals surface area contributed by atoms with Crippen LogP contribution in [0.2, 0.25) is 0 Å². The number of likely N-dealkylation sites (tertiary alicyclic amines) is 1. The Morgan fingerprint density at radius 1 is 1.27 bits per heavy atom. The highest BCUT2D eigenvalue weighted by Crippen LogP contribution is 2.46. The molecule has 0 aliphatic carbocycles. The zero-order valence-corrected chi connectivity index (χ0v) is 23.8. The summed E-state index contributed by atoms with van der Waals surface area (Å²) in [7, 11) is 5.82. The van der Waals surface area contributed by atoms with E-state index in [4.69, 9.17) is 4.74 Å². The third-order valence-corrected chi connectivity index (χ3v) is 8.39. The highest BCUT2D eigenvalue weighted by molar-refractivity contribution is 5.99. The molecule has 0 unspecified atom stereocenters. The Hall–Kier alpha value is -3.90. The first-order valence-corrected chi connectivity index (χ1v) is 13.8. The highest BCUT2D eigenvalue weighted by Gasteiger charge is 2.46. The van der Waals surface area contributed by atoms with Gasteiger partial charge in [-0.1, -0.05) is 18.7 Å². The fraction of sp³-hybridized carbons (Fsp3) is 0.452. The lowest BCUT2D eigenvalue weighted by Crippen LogP contribution is -2.61. The zero-order valence-electron chi connectivity index (χ0n) is 23.8. The fourth-order valence-corrected chi connectivity index (χ4v) is 6.16. The number of amides is 1. The van der Waals surface area contributed by atoms with E-state index in [0.29, 0.717) is 36.5 Å². The molecule has 1 spiro atoms. The number of nitriles is 1. The first-order valence-electron chi connectivity index (χ1n) is 13.8. The van der Waals surface area contributed by atoms with Crippen molar-refractivity contribution in [2.45, 2.75) is 26.2 Å². The van der Waals surface area contributed by atoms with Gasteiger partial charge in [-0.3, -0.25) is 9.48 Å². The molecule has 0 atom stereocenters. The number of aromatic nitrogens is 2. The van der Waals surface area contributed by atoms with Gasteiger partial charge in [-0.05, 0) is 51.9 Å².